The number of ether oxygens (including phenoxy) is 3. The molecule has 3 aromatic rings. The zero-order valence-electron chi connectivity index (χ0n) is 16.2. The Morgan fingerprint density at radius 2 is 1.90 bits per heavy atom. The van der Waals surface area contributed by atoms with Crippen LogP contribution in [-0.4, -0.2) is 31.9 Å². The Kier molecular flexibility index (Phi) is 5.47. The monoisotopic (exact) mass is 405 g/mol. The van der Waals surface area contributed by atoms with Crippen molar-refractivity contribution < 1.29 is 23.8 Å². The van der Waals surface area contributed by atoms with Gasteiger partial charge in [0.1, 0.15) is 5.75 Å². The topological polar surface area (TPSA) is 98.2 Å². The summed E-state index contributed by atoms with van der Waals surface area (Å²) >= 11 is 0. The maximum absolute atomic E-state index is 12.1. The maximum Gasteiger partial charge on any atom is 0.329 e. The fraction of sp³-hybridized carbons (Fsp3) is 0.136. The Bertz CT molecular complexity index is 1140. The van der Waals surface area contributed by atoms with Gasteiger partial charge >= 0.3 is 11.8 Å². The first-order valence-corrected chi connectivity index (χ1v) is 9.21. The minimum Gasteiger partial charge on any atom is -0.496 e. The number of hydrogen-bond acceptors (Lipinski definition) is 6. The lowest BCUT2D eigenvalue weighted by molar-refractivity contribution is -0.139. The van der Waals surface area contributed by atoms with Crippen molar-refractivity contribution in [3.63, 3.8) is 0 Å². The Balaban J connectivity index is 1.38. The van der Waals surface area contributed by atoms with Crippen LogP contribution in [0.5, 0.6) is 17.2 Å². The summed E-state index contributed by atoms with van der Waals surface area (Å²) in [6.07, 6.45) is 1.46. The third kappa shape index (κ3) is 4.02. The first-order valence-electron chi connectivity index (χ1n) is 9.21. The van der Waals surface area contributed by atoms with Gasteiger partial charge in [0, 0.05) is 12.1 Å². The molecule has 0 atom stereocenters. The molecule has 0 unspecified atom stereocenters. The molecule has 152 valence electrons. The summed E-state index contributed by atoms with van der Waals surface area (Å²) in [4.78, 5) is 24.1. The molecule has 8 nitrogen and oxygen atoms in total. The third-order valence-corrected chi connectivity index (χ3v) is 4.61. The van der Waals surface area contributed by atoms with E-state index < -0.39 is 11.8 Å². The first-order chi connectivity index (χ1) is 14.7. The summed E-state index contributed by atoms with van der Waals surface area (Å²) in [7, 11) is 1.56. The number of fused-ring (bicyclic) bond motifs is 2. The van der Waals surface area contributed by atoms with Gasteiger partial charge in [-0.05, 0) is 34.5 Å². The van der Waals surface area contributed by atoms with E-state index in [4.69, 9.17) is 14.2 Å². The van der Waals surface area contributed by atoms with Crippen LogP contribution in [0.1, 0.15) is 11.1 Å². The normalized spacial score (nSPS) is 12.2. The Morgan fingerprint density at radius 3 is 2.77 bits per heavy atom. The predicted molar refractivity (Wildman–Crippen MR) is 111 cm³/mol. The van der Waals surface area contributed by atoms with Crippen molar-refractivity contribution in [2.75, 3.05) is 13.9 Å². The number of hydrazone groups is 1. The number of benzene rings is 3. The molecule has 1 aliphatic rings. The lowest BCUT2D eigenvalue weighted by Gasteiger charge is -2.08. The van der Waals surface area contributed by atoms with Gasteiger partial charge in [-0.2, -0.15) is 5.10 Å². The number of nitrogens with zero attached hydrogens (tertiary/aromatic N) is 1. The molecule has 0 fully saturated rings. The lowest BCUT2D eigenvalue weighted by atomic mass is 10.0. The summed E-state index contributed by atoms with van der Waals surface area (Å²) in [5, 5.41) is 8.39. The van der Waals surface area contributed by atoms with E-state index in [1.54, 1.807) is 25.3 Å². The molecule has 0 saturated heterocycles. The second kappa shape index (κ2) is 8.52. The minimum atomic E-state index is -0.869. The van der Waals surface area contributed by atoms with E-state index >= 15 is 0 Å². The molecule has 2 amide bonds. The summed E-state index contributed by atoms with van der Waals surface area (Å²) in [5.41, 5.74) is 3.73. The number of hydrogen-bond donors (Lipinski definition) is 2. The molecular formula is C22H19N3O5. The molecule has 0 saturated carbocycles. The molecule has 0 aromatic heterocycles. The highest BCUT2D eigenvalue weighted by molar-refractivity contribution is 6.35. The molecule has 0 aliphatic carbocycles. The number of rotatable bonds is 5. The Hall–Kier alpha value is -4.07. The maximum atomic E-state index is 12.1. The van der Waals surface area contributed by atoms with Crippen LogP contribution in [0.3, 0.4) is 0 Å². The highest BCUT2D eigenvalue weighted by Crippen LogP contribution is 2.32. The van der Waals surface area contributed by atoms with Gasteiger partial charge in [0.15, 0.2) is 11.5 Å². The minimum absolute atomic E-state index is 0.170. The Labute approximate surface area is 172 Å². The van der Waals surface area contributed by atoms with Crippen molar-refractivity contribution in [1.29, 1.82) is 0 Å². The number of methoxy groups -OCH3 is 1. The number of amides is 2. The highest BCUT2D eigenvalue weighted by Gasteiger charge is 2.15. The predicted octanol–water partition coefficient (Wildman–Crippen LogP) is 2.34. The van der Waals surface area contributed by atoms with Crippen LogP contribution in [0.25, 0.3) is 10.8 Å². The van der Waals surface area contributed by atoms with Crippen LogP contribution in [0.2, 0.25) is 0 Å². The van der Waals surface area contributed by atoms with E-state index in [-0.39, 0.29) is 13.3 Å². The van der Waals surface area contributed by atoms with Crippen LogP contribution in [0.15, 0.2) is 59.7 Å². The van der Waals surface area contributed by atoms with Gasteiger partial charge in [0.25, 0.3) is 0 Å². The van der Waals surface area contributed by atoms with Crippen molar-refractivity contribution >= 4 is 28.8 Å². The standard InChI is InChI=1S/C22H19N3O5/c1-28-18-9-7-15-4-2-3-5-16(15)17(18)12-24-25-22(27)21(26)23-11-14-6-8-19-20(10-14)30-13-29-19/h2-10,12H,11,13H2,1H3,(H,23,26)(H,25,27)/b24-12-. The van der Waals surface area contributed by atoms with Crippen LogP contribution in [-0.2, 0) is 16.1 Å². The van der Waals surface area contributed by atoms with Crippen LogP contribution >= 0.6 is 0 Å². The third-order valence-electron chi connectivity index (χ3n) is 4.61. The van der Waals surface area contributed by atoms with E-state index in [2.05, 4.69) is 15.8 Å². The second-order valence-electron chi connectivity index (χ2n) is 6.47. The van der Waals surface area contributed by atoms with Gasteiger partial charge < -0.3 is 19.5 Å². The number of nitrogens with one attached hydrogen (secondary N) is 2. The molecule has 8 heteroatoms. The molecule has 1 heterocycles. The molecule has 1 aliphatic heterocycles. The van der Waals surface area contributed by atoms with Crippen LogP contribution in [0, 0.1) is 0 Å². The number of carbonyl (C=O) groups is 2. The van der Waals surface area contributed by atoms with Gasteiger partial charge in [0.2, 0.25) is 6.79 Å². The first kappa shape index (κ1) is 19.3. The smallest absolute Gasteiger partial charge is 0.329 e. The van der Waals surface area contributed by atoms with E-state index in [9.17, 15) is 9.59 Å². The highest BCUT2D eigenvalue weighted by atomic mass is 16.7. The SMILES string of the molecule is COc1ccc2ccccc2c1/C=N\NC(=O)C(=O)NCc1ccc2c(c1)OCO2. The van der Waals surface area contributed by atoms with E-state index in [1.807, 2.05) is 36.4 Å². The molecule has 0 spiro atoms. The zero-order chi connectivity index (χ0) is 20.9. The molecule has 4 rings (SSSR count). The summed E-state index contributed by atoms with van der Waals surface area (Å²) in [6, 6.07) is 16.8. The van der Waals surface area contributed by atoms with E-state index in [0.29, 0.717) is 22.8 Å². The van der Waals surface area contributed by atoms with Gasteiger partial charge in [-0.25, -0.2) is 5.43 Å². The lowest BCUT2D eigenvalue weighted by Crippen LogP contribution is -2.37. The quantitative estimate of drug-likeness (QED) is 0.386. The van der Waals surface area contributed by atoms with Crippen molar-refractivity contribution in [2.45, 2.75) is 6.54 Å². The molecule has 3 aromatic carbocycles. The second-order valence-corrected chi connectivity index (χ2v) is 6.47. The van der Waals surface area contributed by atoms with Crippen LogP contribution < -0.4 is 25.0 Å². The Morgan fingerprint density at radius 1 is 1.07 bits per heavy atom. The van der Waals surface area contributed by atoms with Crippen molar-refractivity contribution in [2.24, 2.45) is 5.10 Å². The van der Waals surface area contributed by atoms with Gasteiger partial charge in [0.05, 0.1) is 13.3 Å². The molecule has 2 N–H and O–H groups in total. The molecular weight excluding hydrogens is 386 g/mol. The fourth-order valence-corrected chi connectivity index (χ4v) is 3.11. The van der Waals surface area contributed by atoms with Crippen molar-refractivity contribution in [1.82, 2.24) is 10.7 Å². The van der Waals surface area contributed by atoms with Crippen molar-refractivity contribution in [3.8, 4) is 17.2 Å². The summed E-state index contributed by atoms with van der Waals surface area (Å²) in [6.45, 7) is 0.344. The van der Waals surface area contributed by atoms with E-state index in [1.165, 1.54) is 6.21 Å². The number of carbonyl (C=O) groups excluding carboxylic acids is 2. The average molecular weight is 405 g/mol. The molecule has 0 radical (unpaired) electrons. The van der Waals surface area contributed by atoms with Gasteiger partial charge in [-0.3, -0.25) is 9.59 Å². The van der Waals surface area contributed by atoms with Gasteiger partial charge in [-0.1, -0.05) is 36.4 Å². The fourth-order valence-electron chi connectivity index (χ4n) is 3.11. The van der Waals surface area contributed by atoms with Gasteiger partial charge in [-0.15, -0.1) is 0 Å². The van der Waals surface area contributed by atoms with E-state index in [0.717, 1.165) is 16.3 Å². The average Bonchev–Trinajstić information content (AvgIpc) is 3.25. The summed E-state index contributed by atoms with van der Waals surface area (Å²) < 4.78 is 15.9. The zero-order valence-corrected chi connectivity index (χ0v) is 16.2. The summed E-state index contributed by atoms with van der Waals surface area (Å²) in [5.74, 6) is 0.209. The molecule has 30 heavy (non-hydrogen) atoms. The van der Waals surface area contributed by atoms with Crippen LogP contribution in [0.4, 0.5) is 0 Å². The molecule has 0 bridgehead atoms. The van der Waals surface area contributed by atoms with Crippen molar-refractivity contribution in [3.05, 3.63) is 65.7 Å². The largest absolute Gasteiger partial charge is 0.496 e.